The molecule has 98 valence electrons. The molecule has 0 N–H and O–H groups in total. The molecule has 0 radical (unpaired) electrons. The van der Waals surface area contributed by atoms with Crippen LogP contribution in [0.4, 0.5) is 0 Å². The van der Waals surface area contributed by atoms with Crippen LogP contribution >= 0.6 is 0 Å². The van der Waals surface area contributed by atoms with E-state index < -0.39 is 12.2 Å². The Morgan fingerprint density at radius 2 is 1.22 bits per heavy atom. The summed E-state index contributed by atoms with van der Waals surface area (Å²) in [6.45, 7) is 3.45. The Kier molecular flexibility index (Phi) is 3.90. The predicted octanol–water partition coefficient (Wildman–Crippen LogP) is 1.67. The zero-order valence-electron chi connectivity index (χ0n) is 10.8. The normalized spacial score (nSPS) is 21.2. The summed E-state index contributed by atoms with van der Waals surface area (Å²) >= 11 is 0. The second kappa shape index (κ2) is 5.43. The van der Waals surface area contributed by atoms with Crippen LogP contribution < -0.4 is 0 Å². The van der Waals surface area contributed by atoms with Crippen LogP contribution in [0.15, 0.2) is 0 Å². The molecule has 0 aromatic heterocycles. The second-order valence-electron chi connectivity index (χ2n) is 5.00. The maximum Gasteiger partial charge on any atom is 0.310 e. The Labute approximate surface area is 107 Å². The van der Waals surface area contributed by atoms with Crippen LogP contribution in [0.3, 0.4) is 0 Å². The molecule has 0 bridgehead atoms. The van der Waals surface area contributed by atoms with E-state index in [-0.39, 0.29) is 23.8 Å². The highest BCUT2D eigenvalue weighted by atomic mass is 16.5. The first kappa shape index (κ1) is 12.9. The topological polar surface area (TPSA) is 52.6 Å². The molecular formula is C14H18O4. The van der Waals surface area contributed by atoms with Crippen molar-refractivity contribution >= 4 is 11.9 Å². The lowest BCUT2D eigenvalue weighted by molar-refractivity contribution is -0.148. The van der Waals surface area contributed by atoms with Gasteiger partial charge in [-0.25, -0.2) is 0 Å². The molecule has 4 nitrogen and oxygen atoms in total. The third-order valence-corrected chi connectivity index (χ3v) is 2.90. The highest BCUT2D eigenvalue weighted by molar-refractivity contribution is 5.75. The van der Waals surface area contributed by atoms with Crippen LogP contribution in [-0.2, 0) is 19.1 Å². The molecule has 0 saturated heterocycles. The fourth-order valence-electron chi connectivity index (χ4n) is 1.47. The molecule has 0 aliphatic heterocycles. The standard InChI is InChI=1S/C14H18O4/c1-9(17-13(15)11-5-6-11)3-4-10(2)18-14(16)12-7-8-12/h9-12H,5-8H2,1-2H3. The van der Waals surface area contributed by atoms with Gasteiger partial charge >= 0.3 is 11.9 Å². The predicted molar refractivity (Wildman–Crippen MR) is 64.3 cm³/mol. The summed E-state index contributed by atoms with van der Waals surface area (Å²) in [5, 5.41) is 0. The summed E-state index contributed by atoms with van der Waals surface area (Å²) in [4.78, 5) is 22.7. The van der Waals surface area contributed by atoms with Crippen molar-refractivity contribution in [3.63, 3.8) is 0 Å². The van der Waals surface area contributed by atoms with Crippen LogP contribution in [0, 0.1) is 23.7 Å². The molecule has 2 aliphatic carbocycles. The van der Waals surface area contributed by atoms with E-state index in [0.717, 1.165) is 25.7 Å². The van der Waals surface area contributed by atoms with Gasteiger partial charge in [-0.3, -0.25) is 9.59 Å². The van der Waals surface area contributed by atoms with Crippen molar-refractivity contribution in [1.82, 2.24) is 0 Å². The fraction of sp³-hybridized carbons (Fsp3) is 0.714. The van der Waals surface area contributed by atoms with E-state index in [1.165, 1.54) is 0 Å². The van der Waals surface area contributed by atoms with Crippen molar-refractivity contribution in [2.24, 2.45) is 11.8 Å². The first-order chi connectivity index (χ1) is 8.56. The van der Waals surface area contributed by atoms with Crippen LogP contribution in [0.2, 0.25) is 0 Å². The molecular weight excluding hydrogens is 232 g/mol. The quantitative estimate of drug-likeness (QED) is 0.562. The molecule has 0 spiro atoms. The lowest BCUT2D eigenvalue weighted by Gasteiger charge is -2.08. The highest BCUT2D eigenvalue weighted by Gasteiger charge is 2.32. The van der Waals surface area contributed by atoms with Gasteiger partial charge in [0.05, 0.1) is 11.8 Å². The summed E-state index contributed by atoms with van der Waals surface area (Å²) in [5.74, 6) is 5.41. The van der Waals surface area contributed by atoms with E-state index in [4.69, 9.17) is 9.47 Å². The highest BCUT2D eigenvalue weighted by Crippen LogP contribution is 2.31. The molecule has 2 fully saturated rings. The number of ether oxygens (including phenoxy) is 2. The molecule has 2 unspecified atom stereocenters. The van der Waals surface area contributed by atoms with Crippen LogP contribution in [-0.4, -0.2) is 24.1 Å². The molecule has 0 aromatic rings. The molecule has 18 heavy (non-hydrogen) atoms. The minimum Gasteiger partial charge on any atom is -0.449 e. The average Bonchev–Trinajstić information content (AvgIpc) is 3.19. The zero-order chi connectivity index (χ0) is 13.1. The van der Waals surface area contributed by atoms with E-state index in [0.29, 0.717) is 0 Å². The largest absolute Gasteiger partial charge is 0.449 e. The van der Waals surface area contributed by atoms with E-state index in [1.807, 2.05) is 0 Å². The average molecular weight is 250 g/mol. The summed E-state index contributed by atoms with van der Waals surface area (Å²) in [5.41, 5.74) is 0. The Morgan fingerprint density at radius 1 is 0.889 bits per heavy atom. The van der Waals surface area contributed by atoms with Gasteiger partial charge in [0, 0.05) is 0 Å². The van der Waals surface area contributed by atoms with E-state index >= 15 is 0 Å². The van der Waals surface area contributed by atoms with Crippen LogP contribution in [0.5, 0.6) is 0 Å². The number of hydrogen-bond donors (Lipinski definition) is 0. The first-order valence-electron chi connectivity index (χ1n) is 6.48. The Hall–Kier alpha value is -1.50. The molecule has 0 aromatic carbocycles. The number of carbonyl (C=O) groups excluding carboxylic acids is 2. The van der Waals surface area contributed by atoms with Gasteiger partial charge in [0.1, 0.15) is 0 Å². The van der Waals surface area contributed by atoms with Crippen LogP contribution in [0.25, 0.3) is 0 Å². The molecule has 2 saturated carbocycles. The molecule has 2 rings (SSSR count). The van der Waals surface area contributed by atoms with Crippen molar-refractivity contribution in [3.8, 4) is 11.8 Å². The van der Waals surface area contributed by atoms with Crippen molar-refractivity contribution in [3.05, 3.63) is 0 Å². The smallest absolute Gasteiger partial charge is 0.310 e. The molecule has 4 heteroatoms. The lowest BCUT2D eigenvalue weighted by Crippen LogP contribution is -2.17. The molecule has 0 amide bonds. The minimum absolute atomic E-state index is 0.0827. The summed E-state index contributed by atoms with van der Waals surface area (Å²) < 4.78 is 10.3. The van der Waals surface area contributed by atoms with Gasteiger partial charge in [0.25, 0.3) is 0 Å². The third kappa shape index (κ3) is 4.06. The van der Waals surface area contributed by atoms with Gasteiger partial charge in [-0.1, -0.05) is 11.8 Å². The zero-order valence-corrected chi connectivity index (χ0v) is 10.8. The van der Waals surface area contributed by atoms with Crippen molar-refractivity contribution < 1.29 is 19.1 Å². The molecule has 2 aliphatic rings. The van der Waals surface area contributed by atoms with Gasteiger partial charge in [-0.15, -0.1) is 0 Å². The Balaban J connectivity index is 1.71. The summed E-state index contributed by atoms with van der Waals surface area (Å²) in [7, 11) is 0. The number of rotatable bonds is 4. The Morgan fingerprint density at radius 3 is 1.50 bits per heavy atom. The van der Waals surface area contributed by atoms with Gasteiger partial charge in [0.15, 0.2) is 12.2 Å². The van der Waals surface area contributed by atoms with Crippen LogP contribution in [0.1, 0.15) is 39.5 Å². The van der Waals surface area contributed by atoms with Gasteiger partial charge < -0.3 is 9.47 Å². The van der Waals surface area contributed by atoms with Crippen molar-refractivity contribution in [2.75, 3.05) is 0 Å². The molecule has 2 atom stereocenters. The number of hydrogen-bond acceptors (Lipinski definition) is 4. The maximum atomic E-state index is 11.4. The maximum absolute atomic E-state index is 11.4. The molecule has 0 heterocycles. The monoisotopic (exact) mass is 250 g/mol. The summed E-state index contributed by atoms with van der Waals surface area (Å²) in [6, 6.07) is 0. The van der Waals surface area contributed by atoms with E-state index in [1.54, 1.807) is 13.8 Å². The SMILES string of the molecule is CC(C#CC(C)OC(=O)C1CC1)OC(=O)C1CC1. The third-order valence-electron chi connectivity index (χ3n) is 2.90. The number of esters is 2. The Bertz CT molecular complexity index is 360. The number of carbonyl (C=O) groups is 2. The summed E-state index contributed by atoms with van der Waals surface area (Å²) in [6.07, 6.45) is 2.81. The first-order valence-corrected chi connectivity index (χ1v) is 6.48. The van der Waals surface area contributed by atoms with Gasteiger partial charge in [-0.2, -0.15) is 0 Å². The van der Waals surface area contributed by atoms with Crippen molar-refractivity contribution in [1.29, 1.82) is 0 Å². The minimum atomic E-state index is -0.444. The van der Waals surface area contributed by atoms with Crippen molar-refractivity contribution in [2.45, 2.75) is 51.7 Å². The van der Waals surface area contributed by atoms with E-state index in [9.17, 15) is 9.59 Å². The fourth-order valence-corrected chi connectivity index (χ4v) is 1.47. The lowest BCUT2D eigenvalue weighted by atomic mass is 10.3. The van der Waals surface area contributed by atoms with Gasteiger partial charge in [-0.05, 0) is 39.5 Å². The second-order valence-corrected chi connectivity index (χ2v) is 5.00. The van der Waals surface area contributed by atoms with E-state index in [2.05, 4.69) is 11.8 Å². The van der Waals surface area contributed by atoms with Gasteiger partial charge in [0.2, 0.25) is 0 Å².